The lowest BCUT2D eigenvalue weighted by Crippen LogP contribution is -2.32. The van der Waals surface area contributed by atoms with Gasteiger partial charge in [-0.2, -0.15) is 0 Å². The molecule has 1 aliphatic heterocycles. The number of hydrogen-bond acceptors (Lipinski definition) is 4. The first-order valence-corrected chi connectivity index (χ1v) is 10.5. The molecule has 0 fully saturated rings. The van der Waals surface area contributed by atoms with Gasteiger partial charge in [0, 0.05) is 25.7 Å². The van der Waals surface area contributed by atoms with E-state index in [1.54, 1.807) is 18.2 Å². The number of hydrogen-bond donors (Lipinski definition) is 1. The van der Waals surface area contributed by atoms with Crippen molar-refractivity contribution >= 4 is 22.4 Å². The third-order valence-electron chi connectivity index (χ3n) is 4.75. The number of halogens is 1. The third-order valence-corrected chi connectivity index (χ3v) is 6.21. The Labute approximate surface area is 168 Å². The van der Waals surface area contributed by atoms with Crippen molar-refractivity contribution < 1.29 is 13.2 Å². The Balaban J connectivity index is 0.00000261. The monoisotopic (exact) mass is 410 g/mol. The molecule has 2 aromatic carbocycles. The highest BCUT2D eigenvalue weighted by Gasteiger charge is 2.16. The Morgan fingerprint density at radius 3 is 2.63 bits per heavy atom. The zero-order valence-electron chi connectivity index (χ0n) is 15.6. The van der Waals surface area contributed by atoms with Crippen molar-refractivity contribution in [1.29, 1.82) is 0 Å². The highest BCUT2D eigenvalue weighted by molar-refractivity contribution is 7.89. The van der Waals surface area contributed by atoms with Gasteiger partial charge in [-0.1, -0.05) is 30.3 Å². The molecule has 0 aromatic heterocycles. The van der Waals surface area contributed by atoms with Crippen molar-refractivity contribution in [1.82, 2.24) is 9.62 Å². The van der Waals surface area contributed by atoms with E-state index in [-0.39, 0.29) is 17.3 Å². The Kier molecular flexibility index (Phi) is 8.10. The average molecular weight is 411 g/mol. The van der Waals surface area contributed by atoms with Crippen LogP contribution in [0.15, 0.2) is 53.4 Å². The van der Waals surface area contributed by atoms with Gasteiger partial charge in [-0.05, 0) is 49.1 Å². The lowest BCUT2D eigenvalue weighted by molar-refractivity contribution is 0.249. The summed E-state index contributed by atoms with van der Waals surface area (Å²) in [5.41, 5.74) is 2.87. The molecule has 0 unspecified atom stereocenters. The maximum Gasteiger partial charge on any atom is 0.240 e. The van der Waals surface area contributed by atoms with E-state index in [4.69, 9.17) is 4.74 Å². The Hall–Kier alpha value is -1.60. The fourth-order valence-corrected chi connectivity index (χ4v) is 4.37. The highest BCUT2D eigenvalue weighted by Crippen LogP contribution is 2.19. The minimum Gasteiger partial charge on any atom is -0.497 e. The van der Waals surface area contributed by atoms with Crippen LogP contribution in [0.3, 0.4) is 0 Å². The molecule has 0 bridgehead atoms. The number of ether oxygens (including phenoxy) is 1. The summed E-state index contributed by atoms with van der Waals surface area (Å²) >= 11 is 0. The van der Waals surface area contributed by atoms with E-state index in [2.05, 4.69) is 33.9 Å². The number of methoxy groups -OCH3 is 1. The number of benzene rings is 2. The van der Waals surface area contributed by atoms with E-state index in [0.717, 1.165) is 38.9 Å². The molecular weight excluding hydrogens is 384 g/mol. The van der Waals surface area contributed by atoms with Gasteiger partial charge >= 0.3 is 0 Å². The van der Waals surface area contributed by atoms with Gasteiger partial charge in [-0.15, -0.1) is 12.4 Å². The van der Waals surface area contributed by atoms with Crippen molar-refractivity contribution in [2.45, 2.75) is 30.7 Å². The number of rotatable bonds is 8. The summed E-state index contributed by atoms with van der Waals surface area (Å²) < 4.78 is 32.4. The van der Waals surface area contributed by atoms with E-state index in [0.29, 0.717) is 12.3 Å². The molecule has 1 aliphatic rings. The fourth-order valence-electron chi connectivity index (χ4n) is 3.26. The molecule has 27 heavy (non-hydrogen) atoms. The van der Waals surface area contributed by atoms with Gasteiger partial charge in [-0.3, -0.25) is 4.90 Å². The molecule has 0 amide bonds. The molecule has 5 nitrogen and oxygen atoms in total. The second-order valence-electron chi connectivity index (χ2n) is 6.58. The van der Waals surface area contributed by atoms with Crippen LogP contribution >= 0.6 is 12.4 Å². The summed E-state index contributed by atoms with van der Waals surface area (Å²) in [5.74, 6) is 0.540. The van der Waals surface area contributed by atoms with Gasteiger partial charge < -0.3 is 4.74 Å². The van der Waals surface area contributed by atoms with E-state index in [9.17, 15) is 8.42 Å². The Morgan fingerprint density at radius 2 is 1.85 bits per heavy atom. The number of fused-ring (bicyclic) bond motifs is 1. The first kappa shape index (κ1) is 21.7. The van der Waals surface area contributed by atoms with Crippen LogP contribution in [-0.2, 0) is 23.0 Å². The first-order valence-electron chi connectivity index (χ1n) is 9.01. The van der Waals surface area contributed by atoms with Gasteiger partial charge in [0.25, 0.3) is 0 Å². The molecule has 0 saturated carbocycles. The standard InChI is InChI=1S/C20H26N2O3S.ClH/c1-25-19-9-6-10-20(15-19)26(23,24)21-12-4-5-13-22-14-11-17-7-2-3-8-18(17)16-22;/h2-3,6-10,15,21H,4-5,11-14,16H2,1H3;1H. The topological polar surface area (TPSA) is 58.6 Å². The summed E-state index contributed by atoms with van der Waals surface area (Å²) in [7, 11) is -1.96. The molecule has 0 saturated heterocycles. The minimum atomic E-state index is -3.48. The normalized spacial score (nSPS) is 14.3. The number of sulfonamides is 1. The third kappa shape index (κ3) is 5.94. The molecular formula is C20H27ClN2O3S. The van der Waals surface area contributed by atoms with Crippen molar-refractivity contribution in [3.05, 3.63) is 59.7 Å². The van der Waals surface area contributed by atoms with E-state index in [1.807, 2.05) is 0 Å². The summed E-state index contributed by atoms with van der Waals surface area (Å²) in [5, 5.41) is 0. The second kappa shape index (κ2) is 10.1. The smallest absolute Gasteiger partial charge is 0.240 e. The highest BCUT2D eigenvalue weighted by atomic mass is 35.5. The van der Waals surface area contributed by atoms with Crippen LogP contribution in [0.4, 0.5) is 0 Å². The molecule has 0 atom stereocenters. The van der Waals surface area contributed by atoms with Crippen LogP contribution < -0.4 is 9.46 Å². The molecule has 0 aliphatic carbocycles. The predicted molar refractivity (Wildman–Crippen MR) is 110 cm³/mol. The molecule has 2 aromatic rings. The first-order chi connectivity index (χ1) is 12.6. The van der Waals surface area contributed by atoms with Crippen LogP contribution in [0.1, 0.15) is 24.0 Å². The van der Waals surface area contributed by atoms with E-state index >= 15 is 0 Å². The van der Waals surface area contributed by atoms with Crippen LogP contribution in [0.2, 0.25) is 0 Å². The molecule has 148 valence electrons. The quantitative estimate of drug-likeness (QED) is 0.679. The molecule has 7 heteroatoms. The lowest BCUT2D eigenvalue weighted by atomic mass is 10.00. The molecule has 0 spiro atoms. The fraction of sp³-hybridized carbons (Fsp3) is 0.400. The zero-order chi connectivity index (χ0) is 18.4. The summed E-state index contributed by atoms with van der Waals surface area (Å²) in [4.78, 5) is 2.68. The van der Waals surface area contributed by atoms with Gasteiger partial charge in [0.2, 0.25) is 10.0 Å². The predicted octanol–water partition coefficient (Wildman–Crippen LogP) is 3.23. The lowest BCUT2D eigenvalue weighted by Gasteiger charge is -2.28. The molecule has 3 rings (SSSR count). The average Bonchev–Trinajstić information content (AvgIpc) is 2.67. The molecule has 0 radical (unpaired) electrons. The molecule has 1 heterocycles. The van der Waals surface area contributed by atoms with Gasteiger partial charge in [-0.25, -0.2) is 13.1 Å². The van der Waals surface area contributed by atoms with Crippen molar-refractivity contribution in [3.8, 4) is 5.75 Å². The second-order valence-corrected chi connectivity index (χ2v) is 8.35. The Bertz CT molecular complexity index is 843. The maximum atomic E-state index is 12.3. The van der Waals surface area contributed by atoms with E-state index in [1.165, 1.54) is 24.3 Å². The van der Waals surface area contributed by atoms with Gasteiger partial charge in [0.05, 0.1) is 12.0 Å². The van der Waals surface area contributed by atoms with Gasteiger partial charge in [0.15, 0.2) is 0 Å². The maximum absolute atomic E-state index is 12.3. The number of nitrogens with one attached hydrogen (secondary N) is 1. The summed E-state index contributed by atoms with van der Waals surface area (Å²) in [6.07, 6.45) is 2.89. The summed E-state index contributed by atoms with van der Waals surface area (Å²) in [6, 6.07) is 15.1. The SMILES string of the molecule is COc1cccc(S(=O)(=O)NCCCCN2CCc3ccccc3C2)c1.Cl. The van der Waals surface area contributed by atoms with Gasteiger partial charge in [0.1, 0.15) is 5.75 Å². The largest absolute Gasteiger partial charge is 0.497 e. The van der Waals surface area contributed by atoms with Crippen molar-refractivity contribution in [2.24, 2.45) is 0 Å². The van der Waals surface area contributed by atoms with Crippen LogP contribution in [-0.4, -0.2) is 40.1 Å². The Morgan fingerprint density at radius 1 is 1.07 bits per heavy atom. The molecule has 1 N–H and O–H groups in total. The van der Waals surface area contributed by atoms with Crippen molar-refractivity contribution in [2.75, 3.05) is 26.7 Å². The number of unbranched alkanes of at least 4 members (excludes halogenated alkanes) is 1. The zero-order valence-corrected chi connectivity index (χ0v) is 17.2. The van der Waals surface area contributed by atoms with Crippen molar-refractivity contribution in [3.63, 3.8) is 0 Å². The van der Waals surface area contributed by atoms with E-state index < -0.39 is 10.0 Å². The van der Waals surface area contributed by atoms with Crippen LogP contribution in [0.5, 0.6) is 5.75 Å². The van der Waals surface area contributed by atoms with Crippen LogP contribution in [0.25, 0.3) is 0 Å². The summed E-state index contributed by atoms with van der Waals surface area (Å²) in [6.45, 7) is 3.51. The number of nitrogens with zero attached hydrogens (tertiary/aromatic N) is 1. The van der Waals surface area contributed by atoms with Crippen LogP contribution in [0, 0.1) is 0 Å². The minimum absolute atomic E-state index is 0.